The Kier molecular flexibility index (Phi) is 4.52. The maximum absolute atomic E-state index is 2.36. The number of para-hydroxylation sites is 2. The second kappa shape index (κ2) is 6.97. The van der Waals surface area contributed by atoms with Gasteiger partial charge in [-0.25, -0.2) is 0 Å². The van der Waals surface area contributed by atoms with Crippen molar-refractivity contribution >= 4 is 38.5 Å². The first kappa shape index (κ1) is 16.9. The van der Waals surface area contributed by atoms with Gasteiger partial charge in [0.1, 0.15) is 0 Å². The van der Waals surface area contributed by atoms with Gasteiger partial charge in [0.2, 0.25) is 0 Å². The number of hydrogen-bond acceptors (Lipinski definition) is 2. The lowest BCUT2D eigenvalue weighted by atomic mass is 9.99. The van der Waals surface area contributed by atoms with Gasteiger partial charge >= 0.3 is 0 Å². The number of nitrogens with zero attached hydrogens (tertiary/aromatic N) is 1. The lowest BCUT2D eigenvalue weighted by molar-refractivity contribution is 0.873. The molecular weight excluding hydrogens is 334 g/mol. The van der Waals surface area contributed by atoms with Crippen LogP contribution in [0, 0.1) is 6.92 Å². The summed E-state index contributed by atoms with van der Waals surface area (Å²) >= 11 is 1.90. The molecule has 0 unspecified atom stereocenters. The summed E-state index contributed by atoms with van der Waals surface area (Å²) in [6.07, 6.45) is 0. The summed E-state index contributed by atoms with van der Waals surface area (Å²) in [6.45, 7) is 6.81. The van der Waals surface area contributed by atoms with E-state index >= 15 is 0 Å². The van der Waals surface area contributed by atoms with Crippen molar-refractivity contribution in [3.63, 3.8) is 0 Å². The first-order chi connectivity index (χ1) is 12.6. The molecule has 0 amide bonds. The van der Waals surface area contributed by atoms with Crippen LogP contribution in [0.1, 0.15) is 30.2 Å². The van der Waals surface area contributed by atoms with Crippen molar-refractivity contribution in [2.75, 3.05) is 4.90 Å². The number of benzene rings is 3. The van der Waals surface area contributed by atoms with Crippen molar-refractivity contribution in [3.8, 4) is 0 Å². The summed E-state index contributed by atoms with van der Waals surface area (Å²) in [5.41, 5.74) is 5.04. The van der Waals surface area contributed by atoms with Gasteiger partial charge in [-0.15, -0.1) is 11.3 Å². The van der Waals surface area contributed by atoms with E-state index in [1.165, 1.54) is 37.6 Å². The summed E-state index contributed by atoms with van der Waals surface area (Å²) in [5.74, 6) is 0.529. The van der Waals surface area contributed by atoms with Gasteiger partial charge in [0, 0.05) is 26.6 Å². The van der Waals surface area contributed by atoms with E-state index < -0.39 is 0 Å². The minimum atomic E-state index is 0.529. The SMILES string of the molecule is Cc1sc2ccc(N(c3ccccc3)c3ccccc3)cc2c1C(C)C. The molecule has 0 N–H and O–H groups in total. The van der Waals surface area contributed by atoms with E-state index in [0.29, 0.717) is 5.92 Å². The van der Waals surface area contributed by atoms with Crippen LogP contribution >= 0.6 is 11.3 Å². The Balaban J connectivity index is 1.93. The van der Waals surface area contributed by atoms with Gasteiger partial charge in [0.05, 0.1) is 0 Å². The molecule has 2 heteroatoms. The molecule has 0 aliphatic heterocycles. The van der Waals surface area contributed by atoms with Gasteiger partial charge in [-0.2, -0.15) is 0 Å². The van der Waals surface area contributed by atoms with Crippen LogP contribution in [-0.4, -0.2) is 0 Å². The highest BCUT2D eigenvalue weighted by Gasteiger charge is 2.16. The highest BCUT2D eigenvalue weighted by atomic mass is 32.1. The first-order valence-corrected chi connectivity index (χ1v) is 9.90. The van der Waals surface area contributed by atoms with E-state index in [1.54, 1.807) is 0 Å². The molecule has 0 saturated carbocycles. The number of hydrogen-bond donors (Lipinski definition) is 0. The van der Waals surface area contributed by atoms with Crippen molar-refractivity contribution in [1.82, 2.24) is 0 Å². The molecule has 0 fully saturated rings. The van der Waals surface area contributed by atoms with Crippen LogP contribution in [0.25, 0.3) is 10.1 Å². The Bertz CT molecular complexity index is 977. The Morgan fingerprint density at radius 1 is 0.731 bits per heavy atom. The molecule has 0 bridgehead atoms. The van der Waals surface area contributed by atoms with Crippen molar-refractivity contribution in [1.29, 1.82) is 0 Å². The first-order valence-electron chi connectivity index (χ1n) is 9.08. The molecule has 4 aromatic rings. The average Bonchev–Trinajstić information content (AvgIpc) is 2.99. The predicted molar refractivity (Wildman–Crippen MR) is 115 cm³/mol. The Labute approximate surface area is 159 Å². The zero-order chi connectivity index (χ0) is 18.1. The van der Waals surface area contributed by atoms with Crippen molar-refractivity contribution in [2.45, 2.75) is 26.7 Å². The van der Waals surface area contributed by atoms with Crippen LogP contribution in [0.4, 0.5) is 17.1 Å². The monoisotopic (exact) mass is 357 g/mol. The fraction of sp³-hybridized carbons (Fsp3) is 0.167. The molecule has 1 nitrogen and oxygen atoms in total. The summed E-state index contributed by atoms with van der Waals surface area (Å²) in [4.78, 5) is 3.76. The van der Waals surface area contributed by atoms with E-state index in [-0.39, 0.29) is 0 Å². The number of aryl methyl sites for hydroxylation is 1. The fourth-order valence-electron chi connectivity index (χ4n) is 3.68. The minimum absolute atomic E-state index is 0.529. The molecule has 130 valence electrons. The zero-order valence-electron chi connectivity index (χ0n) is 15.4. The fourth-order valence-corrected chi connectivity index (χ4v) is 4.89. The molecular formula is C24H23NS. The average molecular weight is 358 g/mol. The number of rotatable bonds is 4. The standard InChI is InChI=1S/C24H23NS/c1-17(2)24-18(3)26-23-15-14-21(16-22(23)24)25(19-10-6-4-7-11-19)20-12-8-5-9-13-20/h4-17H,1-3H3. The second-order valence-electron chi connectivity index (χ2n) is 6.91. The van der Waals surface area contributed by atoms with Crippen LogP contribution in [0.3, 0.4) is 0 Å². The van der Waals surface area contributed by atoms with Gasteiger partial charge in [0.25, 0.3) is 0 Å². The molecule has 1 aromatic heterocycles. The maximum atomic E-state index is 2.36. The highest BCUT2D eigenvalue weighted by molar-refractivity contribution is 7.19. The van der Waals surface area contributed by atoms with Crippen LogP contribution in [0.2, 0.25) is 0 Å². The number of fused-ring (bicyclic) bond motifs is 1. The lowest BCUT2D eigenvalue weighted by Crippen LogP contribution is -2.09. The van der Waals surface area contributed by atoms with E-state index in [1.807, 2.05) is 11.3 Å². The van der Waals surface area contributed by atoms with Crippen LogP contribution in [-0.2, 0) is 0 Å². The van der Waals surface area contributed by atoms with Crippen LogP contribution in [0.5, 0.6) is 0 Å². The largest absolute Gasteiger partial charge is 0.310 e. The molecule has 0 aliphatic carbocycles. The normalized spacial score (nSPS) is 11.2. The predicted octanol–water partition coefficient (Wildman–Crippen LogP) is 7.80. The van der Waals surface area contributed by atoms with Gasteiger partial charge < -0.3 is 4.90 Å². The molecule has 0 aliphatic rings. The van der Waals surface area contributed by atoms with Gasteiger partial charge in [-0.05, 0) is 66.3 Å². The molecule has 26 heavy (non-hydrogen) atoms. The van der Waals surface area contributed by atoms with Crippen LogP contribution < -0.4 is 4.90 Å². The lowest BCUT2D eigenvalue weighted by Gasteiger charge is -2.25. The topological polar surface area (TPSA) is 3.24 Å². The van der Waals surface area contributed by atoms with Crippen LogP contribution in [0.15, 0.2) is 78.9 Å². The molecule has 1 heterocycles. The number of anilines is 3. The molecule has 4 rings (SSSR count). The van der Waals surface area contributed by atoms with E-state index in [2.05, 4.69) is 105 Å². The third-order valence-electron chi connectivity index (χ3n) is 4.76. The van der Waals surface area contributed by atoms with Crippen molar-refractivity contribution in [2.24, 2.45) is 0 Å². The quantitative estimate of drug-likeness (QED) is 0.360. The Morgan fingerprint density at radius 3 is 1.85 bits per heavy atom. The molecule has 0 spiro atoms. The smallest absolute Gasteiger partial charge is 0.0468 e. The number of thiophene rings is 1. The Hall–Kier alpha value is -2.58. The zero-order valence-corrected chi connectivity index (χ0v) is 16.3. The third kappa shape index (κ3) is 3.02. The molecule has 0 radical (unpaired) electrons. The Morgan fingerprint density at radius 2 is 1.31 bits per heavy atom. The summed E-state index contributed by atoms with van der Waals surface area (Å²) in [7, 11) is 0. The summed E-state index contributed by atoms with van der Waals surface area (Å²) in [6, 6.07) is 28.0. The van der Waals surface area contributed by atoms with E-state index in [0.717, 1.165) is 0 Å². The highest BCUT2D eigenvalue weighted by Crippen LogP contribution is 2.41. The molecule has 0 atom stereocenters. The summed E-state index contributed by atoms with van der Waals surface area (Å²) in [5, 5.41) is 1.39. The maximum Gasteiger partial charge on any atom is 0.0468 e. The molecule has 0 saturated heterocycles. The third-order valence-corrected chi connectivity index (χ3v) is 5.86. The minimum Gasteiger partial charge on any atom is -0.310 e. The second-order valence-corrected chi connectivity index (χ2v) is 8.17. The van der Waals surface area contributed by atoms with Gasteiger partial charge in [0.15, 0.2) is 0 Å². The molecule has 3 aromatic carbocycles. The van der Waals surface area contributed by atoms with Crippen molar-refractivity contribution in [3.05, 3.63) is 89.3 Å². The van der Waals surface area contributed by atoms with Gasteiger partial charge in [-0.3, -0.25) is 0 Å². The summed E-state index contributed by atoms with van der Waals surface area (Å²) < 4.78 is 1.37. The van der Waals surface area contributed by atoms with Gasteiger partial charge in [-0.1, -0.05) is 50.2 Å². The van der Waals surface area contributed by atoms with Crippen molar-refractivity contribution < 1.29 is 0 Å². The van der Waals surface area contributed by atoms with E-state index in [4.69, 9.17) is 0 Å². The van der Waals surface area contributed by atoms with E-state index in [9.17, 15) is 0 Å².